The number of nitrogens with zero attached hydrogens (tertiary/aromatic N) is 1. The topological polar surface area (TPSA) is 64.7 Å². The Morgan fingerprint density at radius 2 is 1.94 bits per heavy atom. The van der Waals surface area contributed by atoms with Gasteiger partial charge in [0, 0.05) is 11.6 Å². The first-order valence-electron chi connectivity index (χ1n) is 5.07. The summed E-state index contributed by atoms with van der Waals surface area (Å²) in [4.78, 5) is 0. The molecule has 0 fully saturated rings. The molecule has 5 heteroatoms. The van der Waals surface area contributed by atoms with E-state index in [0.29, 0.717) is 23.0 Å². The van der Waals surface area contributed by atoms with E-state index < -0.39 is 0 Å². The van der Waals surface area contributed by atoms with Gasteiger partial charge in [-0.3, -0.25) is 0 Å². The number of aliphatic hydroxyl groups excluding tert-OH is 1. The summed E-state index contributed by atoms with van der Waals surface area (Å²) in [7, 11) is 3.15. The van der Waals surface area contributed by atoms with Crippen molar-refractivity contribution < 1.29 is 19.1 Å². The van der Waals surface area contributed by atoms with E-state index >= 15 is 0 Å². The fraction of sp³-hybridized carbons (Fsp3) is 0.250. The third-order valence-corrected chi connectivity index (χ3v) is 2.39. The minimum Gasteiger partial charge on any atom is -0.493 e. The first-order valence-corrected chi connectivity index (χ1v) is 5.07. The van der Waals surface area contributed by atoms with Crippen molar-refractivity contribution in [2.45, 2.75) is 6.61 Å². The van der Waals surface area contributed by atoms with Gasteiger partial charge in [-0.05, 0) is 18.2 Å². The number of benzene rings is 1. The van der Waals surface area contributed by atoms with Gasteiger partial charge < -0.3 is 19.1 Å². The molecule has 1 heterocycles. The van der Waals surface area contributed by atoms with Crippen molar-refractivity contribution in [3.8, 4) is 22.8 Å². The molecule has 1 aromatic carbocycles. The van der Waals surface area contributed by atoms with E-state index in [1.807, 2.05) is 6.07 Å². The minimum atomic E-state index is -0.142. The number of rotatable bonds is 4. The SMILES string of the molecule is COc1ccc(-c2cc(CO)no2)cc1OC. The lowest BCUT2D eigenvalue weighted by Gasteiger charge is -2.07. The summed E-state index contributed by atoms with van der Waals surface area (Å²) in [5.41, 5.74) is 1.31. The second kappa shape index (κ2) is 4.88. The molecule has 2 aromatic rings. The van der Waals surface area contributed by atoms with E-state index in [-0.39, 0.29) is 6.61 Å². The average molecular weight is 235 g/mol. The summed E-state index contributed by atoms with van der Waals surface area (Å²) in [5, 5.41) is 12.6. The van der Waals surface area contributed by atoms with Crippen LogP contribution in [-0.4, -0.2) is 24.5 Å². The predicted molar refractivity (Wildman–Crippen MR) is 61.0 cm³/mol. The number of methoxy groups -OCH3 is 2. The van der Waals surface area contributed by atoms with Gasteiger partial charge >= 0.3 is 0 Å². The van der Waals surface area contributed by atoms with Crippen LogP contribution in [0.25, 0.3) is 11.3 Å². The Kier molecular flexibility index (Phi) is 3.30. The largest absolute Gasteiger partial charge is 0.493 e. The normalized spacial score (nSPS) is 10.3. The predicted octanol–water partition coefficient (Wildman–Crippen LogP) is 1.85. The number of hydrogen-bond acceptors (Lipinski definition) is 5. The van der Waals surface area contributed by atoms with E-state index in [1.54, 1.807) is 32.4 Å². The zero-order valence-corrected chi connectivity index (χ0v) is 9.64. The fourth-order valence-corrected chi connectivity index (χ4v) is 1.51. The van der Waals surface area contributed by atoms with E-state index in [1.165, 1.54) is 0 Å². The first kappa shape index (κ1) is 11.5. The molecule has 0 amide bonds. The molecule has 0 spiro atoms. The van der Waals surface area contributed by atoms with Crippen LogP contribution in [0.5, 0.6) is 11.5 Å². The van der Waals surface area contributed by atoms with Crippen molar-refractivity contribution in [2.75, 3.05) is 14.2 Å². The molecule has 0 bridgehead atoms. The second-order valence-electron chi connectivity index (χ2n) is 3.41. The Morgan fingerprint density at radius 3 is 2.53 bits per heavy atom. The molecule has 5 nitrogen and oxygen atoms in total. The molecule has 0 aliphatic heterocycles. The highest BCUT2D eigenvalue weighted by Crippen LogP contribution is 2.32. The molecule has 90 valence electrons. The van der Waals surface area contributed by atoms with Crippen LogP contribution in [0.3, 0.4) is 0 Å². The average Bonchev–Trinajstić information content (AvgIpc) is 2.86. The molecular weight excluding hydrogens is 222 g/mol. The van der Waals surface area contributed by atoms with E-state index in [0.717, 1.165) is 5.56 Å². The van der Waals surface area contributed by atoms with E-state index in [4.69, 9.17) is 19.1 Å². The van der Waals surface area contributed by atoms with Crippen LogP contribution in [0, 0.1) is 0 Å². The molecule has 0 radical (unpaired) electrons. The van der Waals surface area contributed by atoms with E-state index in [2.05, 4.69) is 5.16 Å². The van der Waals surface area contributed by atoms with Gasteiger partial charge in [0.2, 0.25) is 0 Å². The lowest BCUT2D eigenvalue weighted by atomic mass is 10.1. The van der Waals surface area contributed by atoms with Gasteiger partial charge in [-0.1, -0.05) is 5.16 Å². The first-order chi connectivity index (χ1) is 8.28. The Morgan fingerprint density at radius 1 is 1.18 bits per heavy atom. The summed E-state index contributed by atoms with van der Waals surface area (Å²) in [6.45, 7) is -0.142. The van der Waals surface area contributed by atoms with Crippen molar-refractivity contribution in [2.24, 2.45) is 0 Å². The van der Waals surface area contributed by atoms with Gasteiger partial charge in [-0.15, -0.1) is 0 Å². The highest BCUT2D eigenvalue weighted by atomic mass is 16.5. The quantitative estimate of drug-likeness (QED) is 0.876. The van der Waals surface area contributed by atoms with Crippen LogP contribution >= 0.6 is 0 Å². The van der Waals surface area contributed by atoms with Gasteiger partial charge in [0.1, 0.15) is 5.69 Å². The van der Waals surface area contributed by atoms with Crippen molar-refractivity contribution in [1.82, 2.24) is 5.16 Å². The molecular formula is C12H13NO4. The Balaban J connectivity index is 2.38. The van der Waals surface area contributed by atoms with Crippen LogP contribution in [-0.2, 0) is 6.61 Å². The molecule has 17 heavy (non-hydrogen) atoms. The van der Waals surface area contributed by atoms with Gasteiger partial charge in [0.05, 0.1) is 20.8 Å². The Hall–Kier alpha value is -2.01. The molecule has 0 saturated heterocycles. The lowest BCUT2D eigenvalue weighted by Crippen LogP contribution is -1.90. The number of ether oxygens (including phenoxy) is 2. The van der Waals surface area contributed by atoms with Gasteiger partial charge in [-0.25, -0.2) is 0 Å². The monoisotopic (exact) mass is 235 g/mol. The Bertz CT molecular complexity index is 507. The van der Waals surface area contributed by atoms with Gasteiger partial charge in [-0.2, -0.15) is 0 Å². The van der Waals surface area contributed by atoms with Crippen LogP contribution in [0.2, 0.25) is 0 Å². The Labute approximate surface area is 98.6 Å². The molecule has 2 rings (SSSR count). The summed E-state index contributed by atoms with van der Waals surface area (Å²) < 4.78 is 15.4. The molecule has 1 N–H and O–H groups in total. The second-order valence-corrected chi connectivity index (χ2v) is 3.41. The lowest BCUT2D eigenvalue weighted by molar-refractivity contribution is 0.267. The van der Waals surface area contributed by atoms with Crippen molar-refractivity contribution in [3.05, 3.63) is 30.0 Å². The van der Waals surface area contributed by atoms with E-state index in [9.17, 15) is 0 Å². The number of aliphatic hydroxyl groups is 1. The van der Waals surface area contributed by atoms with Crippen molar-refractivity contribution >= 4 is 0 Å². The smallest absolute Gasteiger partial charge is 0.167 e. The zero-order chi connectivity index (χ0) is 12.3. The van der Waals surface area contributed by atoms with Crippen molar-refractivity contribution in [3.63, 3.8) is 0 Å². The van der Waals surface area contributed by atoms with Gasteiger partial charge in [0.25, 0.3) is 0 Å². The maximum atomic E-state index is 8.91. The highest BCUT2D eigenvalue weighted by Gasteiger charge is 2.10. The zero-order valence-electron chi connectivity index (χ0n) is 9.64. The molecule has 0 aliphatic rings. The maximum absolute atomic E-state index is 8.91. The standard InChI is InChI=1S/C12H13NO4/c1-15-10-4-3-8(5-12(10)16-2)11-6-9(7-14)13-17-11/h3-6,14H,7H2,1-2H3. The fourth-order valence-electron chi connectivity index (χ4n) is 1.51. The van der Waals surface area contributed by atoms with Crippen LogP contribution in [0.4, 0.5) is 0 Å². The van der Waals surface area contributed by atoms with Crippen LogP contribution in [0.15, 0.2) is 28.8 Å². The molecule has 0 unspecified atom stereocenters. The molecule has 1 aromatic heterocycles. The molecule has 0 atom stereocenters. The minimum absolute atomic E-state index is 0.142. The van der Waals surface area contributed by atoms with Crippen LogP contribution < -0.4 is 9.47 Å². The van der Waals surface area contributed by atoms with Crippen molar-refractivity contribution in [1.29, 1.82) is 0 Å². The maximum Gasteiger partial charge on any atom is 0.167 e. The number of hydrogen-bond donors (Lipinski definition) is 1. The highest BCUT2D eigenvalue weighted by molar-refractivity contribution is 5.62. The summed E-state index contributed by atoms with van der Waals surface area (Å²) in [6, 6.07) is 7.10. The molecule has 0 saturated carbocycles. The third kappa shape index (κ3) is 2.24. The van der Waals surface area contributed by atoms with Gasteiger partial charge in [0.15, 0.2) is 17.3 Å². The summed E-state index contributed by atoms with van der Waals surface area (Å²) in [5.74, 6) is 1.85. The third-order valence-electron chi connectivity index (χ3n) is 2.39. The number of aromatic nitrogens is 1. The summed E-state index contributed by atoms with van der Waals surface area (Å²) >= 11 is 0. The molecule has 0 aliphatic carbocycles. The summed E-state index contributed by atoms with van der Waals surface area (Å²) in [6.07, 6.45) is 0. The van der Waals surface area contributed by atoms with Crippen LogP contribution in [0.1, 0.15) is 5.69 Å².